The molecule has 0 unspecified atom stereocenters. The van der Waals surface area contributed by atoms with Gasteiger partial charge in [-0.15, -0.1) is 0 Å². The molecule has 2 amide bonds. The number of ether oxygens (including phenoxy) is 1. The lowest BCUT2D eigenvalue weighted by atomic mass is 9.88. The van der Waals surface area contributed by atoms with Crippen LogP contribution in [0.3, 0.4) is 0 Å². The molecule has 1 aromatic rings. The van der Waals surface area contributed by atoms with Crippen molar-refractivity contribution in [2.45, 2.75) is 18.8 Å². The molecular formula is C14H18N2O3. The van der Waals surface area contributed by atoms with Crippen LogP contribution >= 0.6 is 0 Å². The maximum absolute atomic E-state index is 11.9. The van der Waals surface area contributed by atoms with E-state index in [0.29, 0.717) is 25.9 Å². The van der Waals surface area contributed by atoms with Crippen molar-refractivity contribution in [3.63, 3.8) is 0 Å². The Bertz CT molecular complexity index is 452. The molecule has 0 atom stereocenters. The predicted octanol–water partition coefficient (Wildman–Crippen LogP) is 0.886. The Balaban J connectivity index is 2.11. The first-order valence-corrected chi connectivity index (χ1v) is 6.33. The van der Waals surface area contributed by atoms with E-state index in [2.05, 4.69) is 0 Å². The second-order valence-electron chi connectivity index (χ2n) is 4.61. The van der Waals surface area contributed by atoms with Crippen molar-refractivity contribution in [1.82, 2.24) is 4.90 Å². The number of amides is 2. The first-order chi connectivity index (χ1) is 9.15. The summed E-state index contributed by atoms with van der Waals surface area (Å²) in [6, 6.07) is 7.50. The van der Waals surface area contributed by atoms with E-state index in [9.17, 15) is 9.59 Å². The molecule has 0 aliphatic carbocycles. The van der Waals surface area contributed by atoms with Crippen LogP contribution in [0.5, 0.6) is 5.75 Å². The first-order valence-electron chi connectivity index (χ1n) is 6.33. The highest BCUT2D eigenvalue weighted by Gasteiger charge is 2.32. The van der Waals surface area contributed by atoms with Gasteiger partial charge in [0.25, 0.3) is 0 Å². The molecule has 1 saturated heterocycles. The van der Waals surface area contributed by atoms with Gasteiger partial charge in [-0.1, -0.05) is 12.1 Å². The number of imide groups is 1. The summed E-state index contributed by atoms with van der Waals surface area (Å²) in [6.07, 6.45) is 0.718. The molecule has 0 aromatic heterocycles. The van der Waals surface area contributed by atoms with E-state index in [1.807, 2.05) is 24.3 Å². The summed E-state index contributed by atoms with van der Waals surface area (Å²) in [5.74, 6) is 0.451. The zero-order valence-corrected chi connectivity index (χ0v) is 11.0. The van der Waals surface area contributed by atoms with Crippen molar-refractivity contribution in [1.29, 1.82) is 0 Å². The maximum Gasteiger partial charge on any atom is 0.229 e. The summed E-state index contributed by atoms with van der Waals surface area (Å²) >= 11 is 0. The molecule has 2 N–H and O–H groups in total. The van der Waals surface area contributed by atoms with Gasteiger partial charge in [-0.25, -0.2) is 0 Å². The highest BCUT2D eigenvalue weighted by atomic mass is 16.5. The molecule has 1 aromatic carbocycles. The Morgan fingerprint density at radius 3 is 2.26 bits per heavy atom. The van der Waals surface area contributed by atoms with Gasteiger partial charge in [0.2, 0.25) is 11.8 Å². The topological polar surface area (TPSA) is 72.6 Å². The number of hydrogen-bond donors (Lipinski definition) is 1. The second-order valence-corrected chi connectivity index (χ2v) is 4.61. The molecule has 0 saturated carbocycles. The number of carbonyl (C=O) groups excluding carboxylic acids is 2. The van der Waals surface area contributed by atoms with E-state index >= 15 is 0 Å². The van der Waals surface area contributed by atoms with Gasteiger partial charge in [0.15, 0.2) is 0 Å². The van der Waals surface area contributed by atoms with Crippen LogP contribution in [0.15, 0.2) is 24.3 Å². The van der Waals surface area contributed by atoms with Gasteiger partial charge in [-0.05, 0) is 17.7 Å². The molecule has 102 valence electrons. The molecule has 0 bridgehead atoms. The Labute approximate surface area is 112 Å². The van der Waals surface area contributed by atoms with Crippen LogP contribution in [0.2, 0.25) is 0 Å². The lowest BCUT2D eigenvalue weighted by molar-refractivity contribution is -0.148. The average molecular weight is 262 g/mol. The molecule has 1 fully saturated rings. The minimum atomic E-state index is -0.137. The number of rotatable bonds is 4. The van der Waals surface area contributed by atoms with Crippen molar-refractivity contribution in [3.05, 3.63) is 29.8 Å². The number of nitrogens with zero attached hydrogens (tertiary/aromatic N) is 1. The van der Waals surface area contributed by atoms with Crippen LogP contribution in [0, 0.1) is 0 Å². The number of carbonyl (C=O) groups is 2. The third kappa shape index (κ3) is 2.93. The average Bonchev–Trinajstić information content (AvgIpc) is 2.43. The molecule has 2 rings (SSSR count). The van der Waals surface area contributed by atoms with Crippen LogP contribution < -0.4 is 10.5 Å². The normalized spacial score (nSPS) is 16.8. The molecule has 0 radical (unpaired) electrons. The van der Waals surface area contributed by atoms with Gasteiger partial charge in [-0.3, -0.25) is 14.5 Å². The summed E-state index contributed by atoms with van der Waals surface area (Å²) in [5.41, 5.74) is 6.40. The zero-order valence-electron chi connectivity index (χ0n) is 11.0. The third-order valence-corrected chi connectivity index (χ3v) is 3.38. The zero-order chi connectivity index (χ0) is 13.8. The van der Waals surface area contributed by atoms with Crippen LogP contribution in [0.1, 0.15) is 24.3 Å². The largest absolute Gasteiger partial charge is 0.497 e. The lowest BCUT2D eigenvalue weighted by Crippen LogP contribution is -2.44. The number of nitrogens with two attached hydrogens (primary N) is 1. The summed E-state index contributed by atoms with van der Waals surface area (Å²) < 4.78 is 5.09. The Hall–Kier alpha value is -1.88. The van der Waals surface area contributed by atoms with Crippen LogP contribution in [-0.2, 0) is 9.59 Å². The standard InChI is InChI=1S/C14H18N2O3/c1-19-12-4-2-10(3-5-12)11-8-13(17)16(7-6-15)14(18)9-11/h2-5,11H,6-9,15H2,1H3. The van der Waals surface area contributed by atoms with Gasteiger partial charge < -0.3 is 10.5 Å². The molecule has 0 spiro atoms. The molecule has 1 heterocycles. The minimum absolute atomic E-state index is 0.0417. The lowest BCUT2D eigenvalue weighted by Gasteiger charge is -2.30. The highest BCUT2D eigenvalue weighted by molar-refractivity contribution is 5.98. The molecule has 1 aliphatic heterocycles. The molecule has 19 heavy (non-hydrogen) atoms. The number of likely N-dealkylation sites (tertiary alicyclic amines) is 1. The van der Waals surface area contributed by atoms with Crippen molar-refractivity contribution in [2.24, 2.45) is 5.73 Å². The maximum atomic E-state index is 11.9. The van der Waals surface area contributed by atoms with E-state index in [1.54, 1.807) is 7.11 Å². The third-order valence-electron chi connectivity index (χ3n) is 3.38. The van der Waals surface area contributed by atoms with Crippen LogP contribution in [-0.4, -0.2) is 36.9 Å². The van der Waals surface area contributed by atoms with E-state index in [4.69, 9.17) is 10.5 Å². The fourth-order valence-electron chi connectivity index (χ4n) is 2.34. The second kappa shape index (κ2) is 5.84. The van der Waals surface area contributed by atoms with Gasteiger partial charge in [0, 0.05) is 31.8 Å². The van der Waals surface area contributed by atoms with Crippen LogP contribution in [0.25, 0.3) is 0 Å². The van der Waals surface area contributed by atoms with Crippen molar-refractivity contribution in [3.8, 4) is 5.75 Å². The fraction of sp³-hybridized carbons (Fsp3) is 0.429. The van der Waals surface area contributed by atoms with Crippen molar-refractivity contribution in [2.75, 3.05) is 20.2 Å². The van der Waals surface area contributed by atoms with Crippen molar-refractivity contribution < 1.29 is 14.3 Å². The molecule has 5 heteroatoms. The summed E-state index contributed by atoms with van der Waals surface area (Å²) in [6.45, 7) is 0.623. The number of methoxy groups -OCH3 is 1. The molecule has 5 nitrogen and oxygen atoms in total. The quantitative estimate of drug-likeness (QED) is 0.818. The van der Waals surface area contributed by atoms with E-state index < -0.39 is 0 Å². The van der Waals surface area contributed by atoms with Gasteiger partial charge in [0.1, 0.15) is 5.75 Å². The predicted molar refractivity (Wildman–Crippen MR) is 70.7 cm³/mol. The first kappa shape index (κ1) is 13.5. The molecular weight excluding hydrogens is 244 g/mol. The Morgan fingerprint density at radius 1 is 1.21 bits per heavy atom. The Kier molecular flexibility index (Phi) is 4.16. The molecule has 1 aliphatic rings. The monoisotopic (exact) mass is 262 g/mol. The van der Waals surface area contributed by atoms with Gasteiger partial charge >= 0.3 is 0 Å². The highest BCUT2D eigenvalue weighted by Crippen LogP contribution is 2.30. The number of piperidine rings is 1. The summed E-state index contributed by atoms with van der Waals surface area (Å²) in [4.78, 5) is 25.1. The van der Waals surface area contributed by atoms with Gasteiger partial charge in [-0.2, -0.15) is 0 Å². The fourth-order valence-corrected chi connectivity index (χ4v) is 2.34. The Morgan fingerprint density at radius 2 is 1.79 bits per heavy atom. The van der Waals surface area contributed by atoms with E-state index in [1.165, 1.54) is 4.90 Å². The summed E-state index contributed by atoms with van der Waals surface area (Å²) in [7, 11) is 1.60. The summed E-state index contributed by atoms with van der Waals surface area (Å²) in [5, 5.41) is 0. The van der Waals surface area contributed by atoms with Crippen molar-refractivity contribution >= 4 is 11.8 Å². The number of hydrogen-bond acceptors (Lipinski definition) is 4. The SMILES string of the molecule is COc1ccc(C2CC(=O)N(CCN)C(=O)C2)cc1. The number of benzene rings is 1. The van der Waals surface area contributed by atoms with Gasteiger partial charge in [0.05, 0.1) is 7.11 Å². The van der Waals surface area contributed by atoms with Crippen LogP contribution in [0.4, 0.5) is 0 Å². The smallest absolute Gasteiger partial charge is 0.229 e. The minimum Gasteiger partial charge on any atom is -0.497 e. The van der Waals surface area contributed by atoms with E-state index in [0.717, 1.165) is 11.3 Å². The van der Waals surface area contributed by atoms with E-state index in [-0.39, 0.29) is 17.7 Å².